The first-order valence-electron chi connectivity index (χ1n) is 14.8. The maximum atomic E-state index is 6.64. The summed E-state index contributed by atoms with van der Waals surface area (Å²) in [6.07, 6.45) is 14.7. The van der Waals surface area contributed by atoms with Gasteiger partial charge in [-0.25, -0.2) is 4.98 Å². The summed E-state index contributed by atoms with van der Waals surface area (Å²) in [7, 11) is 0. The number of fused-ring (bicyclic) bond motifs is 1. The number of morpholine rings is 1. The monoisotopic (exact) mass is 543 g/mol. The SMILES string of the molecule is CC1CC=c2c(nc(-c3cccnc3)n2-c2ccc(C3(N)CCC3)cc2)=CC=C1c1cccc(N2CCOCC2)c1. The maximum absolute atomic E-state index is 6.64. The Kier molecular flexibility index (Phi) is 6.81. The van der Waals surface area contributed by atoms with Gasteiger partial charge in [0.25, 0.3) is 0 Å². The molecule has 41 heavy (non-hydrogen) atoms. The predicted octanol–water partition coefficient (Wildman–Crippen LogP) is 4.79. The van der Waals surface area contributed by atoms with E-state index in [-0.39, 0.29) is 5.54 Å². The van der Waals surface area contributed by atoms with Crippen molar-refractivity contribution < 1.29 is 4.74 Å². The van der Waals surface area contributed by atoms with Crippen molar-refractivity contribution in [2.45, 2.75) is 38.1 Å². The van der Waals surface area contributed by atoms with Gasteiger partial charge in [0.2, 0.25) is 0 Å². The van der Waals surface area contributed by atoms with Gasteiger partial charge in [0, 0.05) is 48.0 Å². The van der Waals surface area contributed by atoms with Crippen molar-refractivity contribution in [2.75, 3.05) is 31.2 Å². The third kappa shape index (κ3) is 4.92. The van der Waals surface area contributed by atoms with Gasteiger partial charge < -0.3 is 15.4 Å². The molecule has 1 unspecified atom stereocenters. The fourth-order valence-electron chi connectivity index (χ4n) is 6.34. The van der Waals surface area contributed by atoms with E-state index < -0.39 is 0 Å². The van der Waals surface area contributed by atoms with E-state index in [4.69, 9.17) is 15.5 Å². The molecule has 1 saturated heterocycles. The highest BCUT2D eigenvalue weighted by Crippen LogP contribution is 2.39. The minimum Gasteiger partial charge on any atom is -0.378 e. The van der Waals surface area contributed by atoms with Gasteiger partial charge in [-0.15, -0.1) is 0 Å². The van der Waals surface area contributed by atoms with Gasteiger partial charge in [0.15, 0.2) is 0 Å². The van der Waals surface area contributed by atoms with Crippen LogP contribution in [0.1, 0.15) is 43.7 Å². The van der Waals surface area contributed by atoms with Gasteiger partial charge in [0.05, 0.1) is 23.9 Å². The average Bonchev–Trinajstić information content (AvgIpc) is 3.36. The molecule has 4 aromatic rings. The number of benzene rings is 2. The van der Waals surface area contributed by atoms with Crippen LogP contribution in [0, 0.1) is 5.92 Å². The van der Waals surface area contributed by atoms with Crippen molar-refractivity contribution in [3.8, 4) is 17.1 Å². The van der Waals surface area contributed by atoms with Crippen LogP contribution in [0.5, 0.6) is 0 Å². The van der Waals surface area contributed by atoms with Crippen molar-refractivity contribution in [2.24, 2.45) is 11.7 Å². The van der Waals surface area contributed by atoms with Crippen LogP contribution in [0.25, 0.3) is 34.8 Å². The molecule has 0 spiro atoms. The normalized spacial score (nSPS) is 20.0. The molecule has 1 atom stereocenters. The lowest BCUT2D eigenvalue weighted by Gasteiger charge is -2.38. The molecule has 6 heteroatoms. The van der Waals surface area contributed by atoms with Gasteiger partial charge >= 0.3 is 0 Å². The highest BCUT2D eigenvalue weighted by atomic mass is 16.5. The minimum atomic E-state index is -0.177. The highest BCUT2D eigenvalue weighted by molar-refractivity contribution is 5.76. The zero-order valence-electron chi connectivity index (χ0n) is 23.7. The summed E-state index contributed by atoms with van der Waals surface area (Å²) in [6, 6.07) is 21.8. The number of anilines is 1. The van der Waals surface area contributed by atoms with Crippen molar-refractivity contribution in [1.29, 1.82) is 0 Å². The average molecular weight is 544 g/mol. The Morgan fingerprint density at radius 3 is 2.46 bits per heavy atom. The zero-order chi connectivity index (χ0) is 27.8. The molecular formula is C35H37N5O. The highest BCUT2D eigenvalue weighted by Gasteiger charge is 2.34. The molecule has 2 fully saturated rings. The summed E-state index contributed by atoms with van der Waals surface area (Å²) in [5, 5.41) is 2.09. The summed E-state index contributed by atoms with van der Waals surface area (Å²) in [6.45, 7) is 5.75. The number of nitrogens with two attached hydrogens (primary N) is 1. The van der Waals surface area contributed by atoms with E-state index in [1.54, 1.807) is 6.20 Å². The number of rotatable bonds is 5. The first-order valence-corrected chi connectivity index (χ1v) is 14.8. The number of allylic oxidation sites excluding steroid dienone is 2. The summed E-state index contributed by atoms with van der Waals surface area (Å²) in [5.41, 5.74) is 13.6. The second kappa shape index (κ2) is 10.8. The quantitative estimate of drug-likeness (QED) is 0.392. The Labute approximate surface area is 241 Å². The first-order chi connectivity index (χ1) is 20.1. The fourth-order valence-corrected chi connectivity index (χ4v) is 6.34. The Hall–Kier alpha value is -4.00. The predicted molar refractivity (Wildman–Crippen MR) is 166 cm³/mol. The Morgan fingerprint density at radius 1 is 0.927 bits per heavy atom. The first kappa shape index (κ1) is 25.9. The summed E-state index contributed by atoms with van der Waals surface area (Å²) >= 11 is 0. The number of ether oxygens (including phenoxy) is 1. The van der Waals surface area contributed by atoms with Crippen LogP contribution in [-0.2, 0) is 10.3 Å². The number of hydrogen-bond acceptors (Lipinski definition) is 5. The third-order valence-corrected chi connectivity index (χ3v) is 8.98. The molecule has 1 aliphatic heterocycles. The maximum Gasteiger partial charge on any atom is 0.147 e. The molecule has 0 amide bonds. The van der Waals surface area contributed by atoms with E-state index in [0.29, 0.717) is 5.92 Å². The van der Waals surface area contributed by atoms with Gasteiger partial charge in [0.1, 0.15) is 5.82 Å². The minimum absolute atomic E-state index is 0.177. The Bertz CT molecular complexity index is 1690. The molecule has 0 bridgehead atoms. The zero-order valence-corrected chi connectivity index (χ0v) is 23.7. The van der Waals surface area contributed by atoms with E-state index in [1.165, 1.54) is 28.8 Å². The largest absolute Gasteiger partial charge is 0.378 e. The second-order valence-electron chi connectivity index (χ2n) is 11.6. The lowest BCUT2D eigenvalue weighted by Crippen LogP contribution is -2.43. The fraction of sp³-hybridized carbons (Fsp3) is 0.314. The van der Waals surface area contributed by atoms with Gasteiger partial charge in [-0.3, -0.25) is 9.55 Å². The van der Waals surface area contributed by atoms with Gasteiger partial charge in [-0.05, 0) is 90.8 Å². The van der Waals surface area contributed by atoms with Crippen molar-refractivity contribution in [1.82, 2.24) is 14.5 Å². The van der Waals surface area contributed by atoms with Crippen molar-refractivity contribution >= 4 is 23.4 Å². The molecule has 7 rings (SSSR count). The number of aromatic nitrogens is 3. The molecule has 2 aromatic heterocycles. The lowest BCUT2D eigenvalue weighted by molar-refractivity contribution is 0.122. The van der Waals surface area contributed by atoms with Crippen molar-refractivity contribution in [3.05, 3.63) is 101 Å². The lowest BCUT2D eigenvalue weighted by atomic mass is 9.73. The van der Waals surface area contributed by atoms with Crippen molar-refractivity contribution in [3.63, 3.8) is 0 Å². The summed E-state index contributed by atoms with van der Waals surface area (Å²) < 4.78 is 7.85. The van der Waals surface area contributed by atoms with Crippen LogP contribution < -0.4 is 21.3 Å². The number of pyridine rings is 1. The second-order valence-corrected chi connectivity index (χ2v) is 11.6. The third-order valence-electron chi connectivity index (χ3n) is 8.98. The van der Waals surface area contributed by atoms with Gasteiger partial charge in [-0.2, -0.15) is 0 Å². The molecule has 1 saturated carbocycles. The standard InChI is InChI=1S/C35H37N5O/c1-25-8-15-33-32(14-13-31(25)26-5-2-7-30(23-26)39-19-21-41-22-20-39)38-34(27-6-3-18-37-24-27)40(33)29-11-9-28(10-12-29)35(36)16-4-17-35/h2-3,5-7,9-15,18,23-25H,4,8,16-17,19-22,36H2,1H3. The van der Waals surface area contributed by atoms with E-state index in [1.807, 2.05) is 12.3 Å². The smallest absolute Gasteiger partial charge is 0.147 e. The van der Waals surface area contributed by atoms with E-state index in [0.717, 1.165) is 73.3 Å². The molecular weight excluding hydrogens is 506 g/mol. The topological polar surface area (TPSA) is 69.2 Å². The molecule has 2 aromatic carbocycles. The number of nitrogens with zero attached hydrogens (tertiary/aromatic N) is 4. The number of imidazole rings is 1. The molecule has 208 valence electrons. The molecule has 2 N–H and O–H groups in total. The van der Waals surface area contributed by atoms with Crippen LogP contribution in [-0.4, -0.2) is 40.8 Å². The van der Waals surface area contributed by atoms with Crippen LogP contribution in [0.2, 0.25) is 0 Å². The van der Waals surface area contributed by atoms with E-state index >= 15 is 0 Å². The van der Waals surface area contributed by atoms with Crippen LogP contribution >= 0.6 is 0 Å². The molecule has 2 aliphatic carbocycles. The van der Waals surface area contributed by atoms with Crippen LogP contribution in [0.3, 0.4) is 0 Å². The molecule has 6 nitrogen and oxygen atoms in total. The van der Waals surface area contributed by atoms with Gasteiger partial charge in [-0.1, -0.05) is 43.3 Å². The molecule has 0 radical (unpaired) electrons. The summed E-state index contributed by atoms with van der Waals surface area (Å²) in [4.78, 5) is 12.0. The Balaban J connectivity index is 1.33. The van der Waals surface area contributed by atoms with E-state index in [9.17, 15) is 0 Å². The van der Waals surface area contributed by atoms with Crippen LogP contribution in [0.4, 0.5) is 5.69 Å². The molecule has 3 heterocycles. The van der Waals surface area contributed by atoms with Crippen LogP contribution in [0.15, 0.2) is 79.1 Å². The number of hydrogen-bond donors (Lipinski definition) is 1. The summed E-state index contributed by atoms with van der Waals surface area (Å²) in [5.74, 6) is 1.25. The van der Waals surface area contributed by atoms with E-state index in [2.05, 4.69) is 94.2 Å². The Morgan fingerprint density at radius 2 is 1.73 bits per heavy atom. The molecule has 3 aliphatic rings.